The first kappa shape index (κ1) is 18.7. The molecule has 0 saturated carbocycles. The minimum absolute atomic E-state index is 0.116. The van der Waals surface area contributed by atoms with E-state index >= 15 is 0 Å². The number of rotatable bonds is 6. The number of nitro groups is 1. The Morgan fingerprint density at radius 2 is 1.76 bits per heavy atom. The van der Waals surface area contributed by atoms with Crippen molar-refractivity contribution in [1.82, 2.24) is 10.6 Å². The summed E-state index contributed by atoms with van der Waals surface area (Å²) in [5, 5.41) is 15.6. The third kappa shape index (κ3) is 5.17. The van der Waals surface area contributed by atoms with Gasteiger partial charge in [-0.3, -0.25) is 19.7 Å². The Morgan fingerprint density at radius 1 is 1.08 bits per heavy atom. The van der Waals surface area contributed by atoms with E-state index in [1.54, 1.807) is 0 Å². The molecule has 2 aromatic rings. The van der Waals surface area contributed by atoms with Crippen molar-refractivity contribution in [2.45, 2.75) is 6.54 Å². The maximum Gasteiger partial charge on any atom is 0.271 e. The molecule has 0 bridgehead atoms. The van der Waals surface area contributed by atoms with Crippen LogP contribution in [0.2, 0.25) is 10.0 Å². The normalized spacial score (nSPS) is 10.2. The van der Waals surface area contributed by atoms with E-state index in [9.17, 15) is 19.7 Å². The van der Waals surface area contributed by atoms with Crippen molar-refractivity contribution in [3.63, 3.8) is 0 Å². The SMILES string of the molecule is O=C(CNC(=O)c1cc([N+](=O)[O-])cc(Cl)c1Cl)NCc1ccccc1. The maximum atomic E-state index is 12.1. The average molecular weight is 382 g/mol. The number of halogens is 2. The van der Waals surface area contributed by atoms with Gasteiger partial charge in [0, 0.05) is 18.7 Å². The number of hydrogen-bond acceptors (Lipinski definition) is 4. The third-order valence-corrected chi connectivity index (χ3v) is 4.01. The van der Waals surface area contributed by atoms with E-state index in [0.717, 1.165) is 17.7 Å². The Kier molecular flexibility index (Phi) is 6.32. The van der Waals surface area contributed by atoms with Gasteiger partial charge in [-0.1, -0.05) is 53.5 Å². The summed E-state index contributed by atoms with van der Waals surface area (Å²) >= 11 is 11.7. The van der Waals surface area contributed by atoms with Crippen LogP contribution in [0, 0.1) is 10.1 Å². The summed E-state index contributed by atoms with van der Waals surface area (Å²) in [6.07, 6.45) is 0. The van der Waals surface area contributed by atoms with Gasteiger partial charge in [-0.15, -0.1) is 0 Å². The van der Waals surface area contributed by atoms with Gasteiger partial charge in [-0.2, -0.15) is 0 Å². The van der Waals surface area contributed by atoms with Crippen molar-refractivity contribution in [3.05, 3.63) is 73.8 Å². The van der Waals surface area contributed by atoms with E-state index in [0.29, 0.717) is 6.54 Å². The van der Waals surface area contributed by atoms with E-state index in [4.69, 9.17) is 23.2 Å². The first-order chi connectivity index (χ1) is 11.9. The summed E-state index contributed by atoms with van der Waals surface area (Å²) in [6.45, 7) is 0.0151. The summed E-state index contributed by atoms with van der Waals surface area (Å²) in [4.78, 5) is 34.0. The smallest absolute Gasteiger partial charge is 0.271 e. The van der Waals surface area contributed by atoms with Gasteiger partial charge in [0.25, 0.3) is 11.6 Å². The second kappa shape index (κ2) is 8.46. The zero-order chi connectivity index (χ0) is 18.4. The zero-order valence-corrected chi connectivity index (χ0v) is 14.3. The van der Waals surface area contributed by atoms with E-state index in [-0.39, 0.29) is 27.8 Å². The first-order valence-corrected chi connectivity index (χ1v) is 7.86. The summed E-state index contributed by atoms with van der Waals surface area (Å²) in [5.41, 5.74) is 0.375. The zero-order valence-electron chi connectivity index (χ0n) is 12.8. The number of carbonyl (C=O) groups is 2. The largest absolute Gasteiger partial charge is 0.350 e. The molecule has 0 fully saturated rings. The van der Waals surface area contributed by atoms with Gasteiger partial charge in [0.1, 0.15) is 0 Å². The lowest BCUT2D eigenvalue weighted by Crippen LogP contribution is -2.36. The number of non-ortho nitro benzene ring substituents is 1. The van der Waals surface area contributed by atoms with E-state index in [2.05, 4.69) is 10.6 Å². The quantitative estimate of drug-likeness (QED) is 0.593. The second-order valence-electron chi connectivity index (χ2n) is 4.99. The van der Waals surface area contributed by atoms with Crippen LogP contribution in [0.5, 0.6) is 0 Å². The van der Waals surface area contributed by atoms with Gasteiger partial charge < -0.3 is 10.6 Å². The highest BCUT2D eigenvalue weighted by Crippen LogP contribution is 2.30. The number of nitrogens with zero attached hydrogens (tertiary/aromatic N) is 1. The van der Waals surface area contributed by atoms with Crippen molar-refractivity contribution >= 4 is 40.7 Å². The molecule has 0 saturated heterocycles. The molecular weight excluding hydrogens is 369 g/mol. The second-order valence-corrected chi connectivity index (χ2v) is 5.78. The maximum absolute atomic E-state index is 12.1. The van der Waals surface area contributed by atoms with Crippen molar-refractivity contribution < 1.29 is 14.5 Å². The molecule has 0 heterocycles. The van der Waals surface area contributed by atoms with Gasteiger partial charge in [0.2, 0.25) is 5.91 Å². The monoisotopic (exact) mass is 381 g/mol. The van der Waals surface area contributed by atoms with Crippen molar-refractivity contribution in [3.8, 4) is 0 Å². The fourth-order valence-corrected chi connectivity index (χ4v) is 2.37. The average Bonchev–Trinajstić information content (AvgIpc) is 2.60. The molecule has 2 amide bonds. The molecule has 9 heteroatoms. The molecule has 2 rings (SSSR count). The van der Waals surface area contributed by atoms with Gasteiger partial charge in [0.15, 0.2) is 0 Å². The Labute approximate surface area is 153 Å². The third-order valence-electron chi connectivity index (χ3n) is 3.21. The highest BCUT2D eigenvalue weighted by atomic mass is 35.5. The van der Waals surface area contributed by atoms with E-state index in [1.807, 2.05) is 30.3 Å². The van der Waals surface area contributed by atoms with Gasteiger partial charge in [-0.05, 0) is 5.56 Å². The molecule has 0 aliphatic heterocycles. The highest BCUT2D eigenvalue weighted by molar-refractivity contribution is 6.44. The lowest BCUT2D eigenvalue weighted by Gasteiger charge is -2.09. The van der Waals surface area contributed by atoms with Crippen LogP contribution in [-0.4, -0.2) is 23.3 Å². The molecule has 0 unspecified atom stereocenters. The minimum atomic E-state index is -0.731. The molecule has 0 spiro atoms. The minimum Gasteiger partial charge on any atom is -0.350 e. The lowest BCUT2D eigenvalue weighted by atomic mass is 10.2. The topological polar surface area (TPSA) is 101 Å². The number of carbonyl (C=O) groups excluding carboxylic acids is 2. The number of nitro benzene ring substituents is 1. The Morgan fingerprint density at radius 3 is 2.40 bits per heavy atom. The number of benzene rings is 2. The number of amides is 2. The Balaban J connectivity index is 1.96. The first-order valence-electron chi connectivity index (χ1n) is 7.10. The van der Waals surface area contributed by atoms with E-state index in [1.165, 1.54) is 0 Å². The molecule has 0 radical (unpaired) electrons. The fourth-order valence-electron chi connectivity index (χ4n) is 1.96. The summed E-state index contributed by atoms with van der Waals surface area (Å²) in [6, 6.07) is 11.3. The van der Waals surface area contributed by atoms with Crippen LogP contribution in [-0.2, 0) is 11.3 Å². The Hall–Kier alpha value is -2.64. The molecule has 0 aromatic heterocycles. The predicted octanol–water partition coefficient (Wildman–Crippen LogP) is 2.95. The van der Waals surface area contributed by atoms with Crippen LogP contribution in [0.3, 0.4) is 0 Å². The van der Waals surface area contributed by atoms with Crippen LogP contribution in [0.15, 0.2) is 42.5 Å². The van der Waals surface area contributed by atoms with Gasteiger partial charge in [-0.25, -0.2) is 0 Å². The number of nitrogens with one attached hydrogen (secondary N) is 2. The molecule has 0 atom stereocenters. The fraction of sp³-hybridized carbons (Fsp3) is 0.125. The molecule has 0 aliphatic rings. The molecule has 2 N–H and O–H groups in total. The molecule has 130 valence electrons. The van der Waals surface area contributed by atoms with Gasteiger partial charge >= 0.3 is 0 Å². The summed E-state index contributed by atoms with van der Waals surface area (Å²) < 4.78 is 0. The highest BCUT2D eigenvalue weighted by Gasteiger charge is 2.19. The van der Waals surface area contributed by atoms with Crippen molar-refractivity contribution in [1.29, 1.82) is 0 Å². The predicted molar refractivity (Wildman–Crippen MR) is 93.7 cm³/mol. The van der Waals surface area contributed by atoms with Gasteiger partial charge in [0.05, 0.1) is 27.1 Å². The summed E-state index contributed by atoms with van der Waals surface area (Å²) in [7, 11) is 0. The number of hydrogen-bond donors (Lipinski definition) is 2. The standard InChI is InChI=1S/C16H13Cl2N3O4/c17-13-7-11(21(24)25)6-12(15(13)18)16(23)20-9-14(22)19-8-10-4-2-1-3-5-10/h1-7H,8-9H2,(H,19,22)(H,20,23). The molecular formula is C16H13Cl2N3O4. The molecule has 25 heavy (non-hydrogen) atoms. The Bertz CT molecular complexity index is 813. The van der Waals surface area contributed by atoms with Crippen molar-refractivity contribution in [2.75, 3.05) is 6.54 Å². The van der Waals surface area contributed by atoms with Crippen molar-refractivity contribution in [2.24, 2.45) is 0 Å². The molecule has 0 aliphatic carbocycles. The van der Waals surface area contributed by atoms with Crippen LogP contribution < -0.4 is 10.6 Å². The molecule has 2 aromatic carbocycles. The van der Waals surface area contributed by atoms with Crippen LogP contribution in [0.4, 0.5) is 5.69 Å². The van der Waals surface area contributed by atoms with Crippen LogP contribution >= 0.6 is 23.2 Å². The van der Waals surface area contributed by atoms with E-state index < -0.39 is 16.7 Å². The van der Waals surface area contributed by atoms with Crippen LogP contribution in [0.1, 0.15) is 15.9 Å². The molecule has 7 nitrogen and oxygen atoms in total. The lowest BCUT2D eigenvalue weighted by molar-refractivity contribution is -0.384. The van der Waals surface area contributed by atoms with Crippen LogP contribution in [0.25, 0.3) is 0 Å². The summed E-state index contributed by atoms with van der Waals surface area (Å²) in [5.74, 6) is -1.14.